The van der Waals surface area contributed by atoms with E-state index in [1.54, 1.807) is 12.1 Å². The molecular formula is C10H7N. The highest BCUT2D eigenvalue weighted by molar-refractivity contribution is 5.48. The molecule has 0 radical (unpaired) electrons. The minimum atomic E-state index is 0.653. The Hall–Kier alpha value is -1.73. The van der Waals surface area contributed by atoms with Crippen LogP contribution in [0, 0.1) is 30.6 Å². The maximum atomic E-state index is 8.62. The summed E-state index contributed by atoms with van der Waals surface area (Å²) in [6.07, 6.45) is 5.21. The van der Waals surface area contributed by atoms with Crippen molar-refractivity contribution in [3.63, 3.8) is 0 Å². The second-order valence-corrected chi connectivity index (χ2v) is 2.23. The fourth-order valence-corrected chi connectivity index (χ4v) is 0.913. The summed E-state index contributed by atoms with van der Waals surface area (Å²) >= 11 is 0. The first-order valence-electron chi connectivity index (χ1n) is 3.26. The normalized spacial score (nSPS) is 8.27. The summed E-state index contributed by atoms with van der Waals surface area (Å²) < 4.78 is 0. The molecule has 0 unspecified atom stereocenters. The van der Waals surface area contributed by atoms with E-state index in [0.29, 0.717) is 5.56 Å². The van der Waals surface area contributed by atoms with Crippen LogP contribution in [0.5, 0.6) is 0 Å². The average molecular weight is 141 g/mol. The topological polar surface area (TPSA) is 23.8 Å². The van der Waals surface area contributed by atoms with Gasteiger partial charge in [-0.25, -0.2) is 0 Å². The summed E-state index contributed by atoms with van der Waals surface area (Å²) in [5.74, 6) is 2.52. The van der Waals surface area contributed by atoms with Gasteiger partial charge in [0, 0.05) is 5.56 Å². The van der Waals surface area contributed by atoms with Crippen molar-refractivity contribution < 1.29 is 0 Å². The number of hydrogen-bond donors (Lipinski definition) is 0. The molecular weight excluding hydrogens is 134 g/mol. The fourth-order valence-electron chi connectivity index (χ4n) is 0.913. The molecule has 0 saturated carbocycles. The molecule has 0 bridgehead atoms. The first-order chi connectivity index (χ1) is 5.29. The SMILES string of the molecule is C#Cc1cccc(C#N)c1C. The van der Waals surface area contributed by atoms with Crippen LogP contribution in [0.4, 0.5) is 0 Å². The molecule has 0 heterocycles. The van der Waals surface area contributed by atoms with Crippen molar-refractivity contribution in [2.75, 3.05) is 0 Å². The van der Waals surface area contributed by atoms with Gasteiger partial charge in [-0.2, -0.15) is 5.26 Å². The Labute approximate surface area is 66.3 Å². The average Bonchev–Trinajstić information content (AvgIpc) is 2.05. The number of nitrogens with zero attached hydrogens (tertiary/aromatic N) is 1. The Morgan fingerprint density at radius 3 is 2.55 bits per heavy atom. The molecule has 0 atom stereocenters. The standard InChI is InChI=1S/C10H7N/c1-3-9-5-4-6-10(7-11)8(9)2/h1,4-6H,2H3. The van der Waals surface area contributed by atoms with Crippen molar-refractivity contribution in [1.29, 1.82) is 5.26 Å². The van der Waals surface area contributed by atoms with Crippen LogP contribution in [-0.2, 0) is 0 Å². The second-order valence-electron chi connectivity index (χ2n) is 2.23. The molecule has 11 heavy (non-hydrogen) atoms. The van der Waals surface area contributed by atoms with Gasteiger partial charge in [0.05, 0.1) is 11.6 Å². The number of hydrogen-bond acceptors (Lipinski definition) is 1. The van der Waals surface area contributed by atoms with Crippen molar-refractivity contribution in [2.45, 2.75) is 6.92 Å². The lowest BCUT2D eigenvalue weighted by atomic mass is 10.0. The first-order valence-corrected chi connectivity index (χ1v) is 3.26. The summed E-state index contributed by atoms with van der Waals surface area (Å²) in [4.78, 5) is 0. The minimum absolute atomic E-state index is 0.653. The molecule has 0 amide bonds. The molecule has 52 valence electrons. The Morgan fingerprint density at radius 2 is 2.00 bits per heavy atom. The van der Waals surface area contributed by atoms with E-state index in [9.17, 15) is 0 Å². The number of nitriles is 1. The molecule has 0 saturated heterocycles. The molecule has 0 fully saturated rings. The van der Waals surface area contributed by atoms with E-state index in [2.05, 4.69) is 12.0 Å². The van der Waals surface area contributed by atoms with Crippen LogP contribution in [0.3, 0.4) is 0 Å². The van der Waals surface area contributed by atoms with Crippen LogP contribution in [0.1, 0.15) is 16.7 Å². The van der Waals surface area contributed by atoms with E-state index in [-0.39, 0.29) is 0 Å². The molecule has 0 aliphatic rings. The summed E-state index contributed by atoms with van der Waals surface area (Å²) in [6.45, 7) is 1.85. The molecule has 1 aromatic carbocycles. The third-order valence-electron chi connectivity index (χ3n) is 1.61. The van der Waals surface area contributed by atoms with Gasteiger partial charge < -0.3 is 0 Å². The molecule has 0 aromatic heterocycles. The maximum Gasteiger partial charge on any atom is 0.0994 e. The van der Waals surface area contributed by atoms with E-state index in [0.717, 1.165) is 11.1 Å². The van der Waals surface area contributed by atoms with Gasteiger partial charge in [0.2, 0.25) is 0 Å². The highest BCUT2D eigenvalue weighted by atomic mass is 14.2. The van der Waals surface area contributed by atoms with Crippen LogP contribution in [0.15, 0.2) is 18.2 Å². The summed E-state index contributed by atoms with van der Waals surface area (Å²) in [5, 5.41) is 8.62. The van der Waals surface area contributed by atoms with Gasteiger partial charge in [-0.1, -0.05) is 12.0 Å². The van der Waals surface area contributed by atoms with Gasteiger partial charge in [-0.3, -0.25) is 0 Å². The predicted octanol–water partition coefficient (Wildman–Crippen LogP) is 1.85. The second kappa shape index (κ2) is 2.90. The van der Waals surface area contributed by atoms with Crippen molar-refractivity contribution >= 4 is 0 Å². The van der Waals surface area contributed by atoms with Gasteiger partial charge in [0.25, 0.3) is 0 Å². The van der Waals surface area contributed by atoms with Crippen molar-refractivity contribution in [2.24, 2.45) is 0 Å². The van der Waals surface area contributed by atoms with E-state index in [4.69, 9.17) is 11.7 Å². The Morgan fingerprint density at radius 1 is 1.36 bits per heavy atom. The quantitative estimate of drug-likeness (QED) is 0.506. The molecule has 1 heteroatoms. The van der Waals surface area contributed by atoms with Crippen LogP contribution < -0.4 is 0 Å². The third-order valence-corrected chi connectivity index (χ3v) is 1.61. The Kier molecular flexibility index (Phi) is 1.95. The third kappa shape index (κ3) is 1.23. The van der Waals surface area contributed by atoms with Crippen molar-refractivity contribution in [3.8, 4) is 18.4 Å². The smallest absolute Gasteiger partial charge is 0.0994 e. The lowest BCUT2D eigenvalue weighted by Crippen LogP contribution is -1.85. The number of terminal acetylenes is 1. The van der Waals surface area contributed by atoms with Crippen molar-refractivity contribution in [1.82, 2.24) is 0 Å². The fraction of sp³-hybridized carbons (Fsp3) is 0.100. The van der Waals surface area contributed by atoms with E-state index in [1.165, 1.54) is 0 Å². The largest absolute Gasteiger partial charge is 0.192 e. The Bertz CT molecular complexity index is 318. The highest BCUT2D eigenvalue weighted by Gasteiger charge is 1.98. The zero-order valence-corrected chi connectivity index (χ0v) is 6.26. The zero-order valence-electron chi connectivity index (χ0n) is 6.26. The van der Waals surface area contributed by atoms with E-state index < -0.39 is 0 Å². The van der Waals surface area contributed by atoms with Gasteiger partial charge in [0.1, 0.15) is 0 Å². The van der Waals surface area contributed by atoms with Gasteiger partial charge in [0.15, 0.2) is 0 Å². The van der Waals surface area contributed by atoms with Crippen LogP contribution in [-0.4, -0.2) is 0 Å². The molecule has 1 nitrogen and oxygen atoms in total. The van der Waals surface area contributed by atoms with Gasteiger partial charge in [-0.05, 0) is 24.6 Å². The lowest BCUT2D eigenvalue weighted by Gasteiger charge is -1.98. The molecule has 0 aliphatic carbocycles. The van der Waals surface area contributed by atoms with Gasteiger partial charge >= 0.3 is 0 Å². The number of benzene rings is 1. The predicted molar refractivity (Wildman–Crippen MR) is 43.8 cm³/mol. The van der Waals surface area contributed by atoms with E-state index >= 15 is 0 Å². The van der Waals surface area contributed by atoms with Gasteiger partial charge in [-0.15, -0.1) is 6.42 Å². The zero-order chi connectivity index (χ0) is 8.27. The summed E-state index contributed by atoms with van der Waals surface area (Å²) in [7, 11) is 0. The molecule has 0 N–H and O–H groups in total. The lowest BCUT2D eigenvalue weighted by molar-refractivity contribution is 1.37. The monoisotopic (exact) mass is 141 g/mol. The van der Waals surface area contributed by atoms with E-state index in [1.807, 2.05) is 13.0 Å². The highest BCUT2D eigenvalue weighted by Crippen LogP contribution is 2.10. The summed E-state index contributed by atoms with van der Waals surface area (Å²) in [6, 6.07) is 7.46. The number of rotatable bonds is 0. The molecule has 0 spiro atoms. The van der Waals surface area contributed by atoms with Crippen LogP contribution in [0.25, 0.3) is 0 Å². The van der Waals surface area contributed by atoms with Crippen molar-refractivity contribution in [3.05, 3.63) is 34.9 Å². The summed E-state index contributed by atoms with van der Waals surface area (Å²) in [5.41, 5.74) is 2.34. The minimum Gasteiger partial charge on any atom is -0.192 e. The molecule has 1 aromatic rings. The molecule has 1 rings (SSSR count). The van der Waals surface area contributed by atoms with Crippen LogP contribution >= 0.6 is 0 Å². The first kappa shape index (κ1) is 7.38. The van der Waals surface area contributed by atoms with Crippen LogP contribution in [0.2, 0.25) is 0 Å². The maximum absolute atomic E-state index is 8.62. The molecule has 0 aliphatic heterocycles. The Balaban J connectivity index is 3.38.